The van der Waals surface area contributed by atoms with Gasteiger partial charge >= 0.3 is 5.97 Å². The number of halogens is 1. The van der Waals surface area contributed by atoms with E-state index in [1.54, 1.807) is 10.7 Å². The number of hydrogen-bond donors (Lipinski definition) is 1. The summed E-state index contributed by atoms with van der Waals surface area (Å²) in [7, 11) is 0. The molecule has 3 heterocycles. The number of morpholine rings is 1. The van der Waals surface area contributed by atoms with E-state index in [1.165, 1.54) is 0 Å². The molecule has 32 heavy (non-hydrogen) atoms. The Morgan fingerprint density at radius 2 is 1.78 bits per heavy atom. The maximum Gasteiger partial charge on any atom is 0.354 e. The lowest BCUT2D eigenvalue weighted by molar-refractivity contribution is 0.0691. The summed E-state index contributed by atoms with van der Waals surface area (Å²) < 4.78 is 7.11. The number of pyridine rings is 1. The topological polar surface area (TPSA) is 80.5 Å². The summed E-state index contributed by atoms with van der Waals surface area (Å²) >= 11 is 6.74. The van der Waals surface area contributed by atoms with Crippen LogP contribution in [-0.4, -0.2) is 52.1 Å². The molecule has 4 aromatic rings. The van der Waals surface area contributed by atoms with Crippen LogP contribution in [-0.2, 0) is 4.74 Å². The van der Waals surface area contributed by atoms with E-state index in [4.69, 9.17) is 16.3 Å². The van der Waals surface area contributed by atoms with Gasteiger partial charge in [0.2, 0.25) is 0 Å². The van der Waals surface area contributed by atoms with Crippen molar-refractivity contribution in [2.45, 2.75) is 6.92 Å². The second-order valence-corrected chi connectivity index (χ2v) is 8.06. The molecule has 7 nitrogen and oxygen atoms in total. The van der Waals surface area contributed by atoms with Crippen LogP contribution in [0.2, 0.25) is 5.02 Å². The normalized spacial score (nSPS) is 14.1. The van der Waals surface area contributed by atoms with Gasteiger partial charge in [0.05, 0.1) is 35.0 Å². The van der Waals surface area contributed by atoms with E-state index < -0.39 is 5.97 Å². The summed E-state index contributed by atoms with van der Waals surface area (Å²) in [5.41, 5.74) is 4.44. The van der Waals surface area contributed by atoms with Crippen molar-refractivity contribution >= 4 is 34.3 Å². The predicted molar refractivity (Wildman–Crippen MR) is 124 cm³/mol. The molecule has 162 valence electrons. The van der Waals surface area contributed by atoms with Crippen molar-refractivity contribution in [3.05, 3.63) is 71.0 Å². The number of hydrogen-bond acceptors (Lipinski definition) is 5. The first kappa shape index (κ1) is 20.5. The third kappa shape index (κ3) is 3.59. The molecule has 8 heteroatoms. The monoisotopic (exact) mass is 448 g/mol. The molecule has 0 aliphatic carbocycles. The van der Waals surface area contributed by atoms with Gasteiger partial charge in [-0.3, -0.25) is 0 Å². The fourth-order valence-corrected chi connectivity index (χ4v) is 4.38. The van der Waals surface area contributed by atoms with E-state index >= 15 is 0 Å². The smallest absolute Gasteiger partial charge is 0.354 e. The Morgan fingerprint density at radius 1 is 1.03 bits per heavy atom. The number of fused-ring (bicyclic) bond motifs is 1. The van der Waals surface area contributed by atoms with Crippen LogP contribution in [0.1, 0.15) is 16.2 Å². The average molecular weight is 449 g/mol. The van der Waals surface area contributed by atoms with Crippen molar-refractivity contribution in [1.82, 2.24) is 14.8 Å². The number of aryl methyl sites for hydroxylation is 1. The number of nitrogens with zero attached hydrogens (tertiary/aromatic N) is 4. The van der Waals surface area contributed by atoms with Gasteiger partial charge < -0.3 is 14.7 Å². The van der Waals surface area contributed by atoms with Crippen LogP contribution in [0.4, 0.5) is 5.69 Å². The van der Waals surface area contributed by atoms with Gasteiger partial charge in [0, 0.05) is 24.3 Å². The van der Waals surface area contributed by atoms with E-state index in [9.17, 15) is 9.90 Å². The van der Waals surface area contributed by atoms with Gasteiger partial charge in [0.1, 0.15) is 0 Å². The van der Waals surface area contributed by atoms with Crippen LogP contribution in [0.25, 0.3) is 27.8 Å². The highest BCUT2D eigenvalue weighted by atomic mass is 35.5. The van der Waals surface area contributed by atoms with E-state index in [0.29, 0.717) is 29.4 Å². The van der Waals surface area contributed by atoms with Gasteiger partial charge in [0.25, 0.3) is 0 Å². The minimum absolute atomic E-state index is 0.0575. The van der Waals surface area contributed by atoms with Crippen molar-refractivity contribution in [1.29, 1.82) is 0 Å². The summed E-state index contributed by atoms with van der Waals surface area (Å²) in [4.78, 5) is 18.5. The largest absolute Gasteiger partial charge is 0.477 e. The summed E-state index contributed by atoms with van der Waals surface area (Å²) in [5.74, 6) is -1.10. The zero-order valence-electron chi connectivity index (χ0n) is 17.5. The van der Waals surface area contributed by atoms with Gasteiger partial charge in [-0.05, 0) is 42.8 Å². The predicted octanol–water partition coefficient (Wildman–Crippen LogP) is 4.58. The quantitative estimate of drug-likeness (QED) is 0.492. The molecule has 5 rings (SSSR count). The Bertz CT molecular complexity index is 1310. The van der Waals surface area contributed by atoms with E-state index in [2.05, 4.69) is 15.0 Å². The molecular formula is C24H21ClN4O3. The van der Waals surface area contributed by atoms with Crippen molar-refractivity contribution in [3.8, 4) is 16.8 Å². The molecule has 0 radical (unpaired) electrons. The van der Waals surface area contributed by atoms with Crippen molar-refractivity contribution in [3.63, 3.8) is 0 Å². The third-order valence-electron chi connectivity index (χ3n) is 5.65. The summed E-state index contributed by atoms with van der Waals surface area (Å²) in [5, 5.41) is 15.7. The maximum atomic E-state index is 11.9. The SMILES string of the molecule is Cc1nn(-c2ccccc2)c2nc(C(=O)O)cc(-c3ccc(N4CCOCC4)cc3Cl)c12. The van der Waals surface area contributed by atoms with Gasteiger partial charge in [-0.1, -0.05) is 35.9 Å². The number of ether oxygens (including phenoxy) is 1. The molecule has 0 spiro atoms. The van der Waals surface area contributed by atoms with Crippen LogP contribution in [0.5, 0.6) is 0 Å². The van der Waals surface area contributed by atoms with Crippen LogP contribution in [0, 0.1) is 6.92 Å². The highest BCUT2D eigenvalue weighted by Gasteiger charge is 2.21. The zero-order chi connectivity index (χ0) is 22.2. The highest BCUT2D eigenvalue weighted by Crippen LogP contribution is 2.38. The molecule has 0 bridgehead atoms. The summed E-state index contributed by atoms with van der Waals surface area (Å²) in [6.45, 7) is 4.88. The molecule has 2 aromatic carbocycles. The molecule has 2 aromatic heterocycles. The van der Waals surface area contributed by atoms with E-state index in [1.807, 2.05) is 55.5 Å². The molecule has 1 fully saturated rings. The number of benzene rings is 2. The molecule has 0 atom stereocenters. The minimum Gasteiger partial charge on any atom is -0.477 e. The Labute approximate surface area is 189 Å². The zero-order valence-corrected chi connectivity index (χ0v) is 18.2. The second-order valence-electron chi connectivity index (χ2n) is 7.66. The van der Waals surface area contributed by atoms with Gasteiger partial charge in [-0.25, -0.2) is 14.5 Å². The lowest BCUT2D eigenvalue weighted by atomic mass is 10.0. The van der Waals surface area contributed by atoms with Crippen LogP contribution < -0.4 is 4.90 Å². The van der Waals surface area contributed by atoms with E-state index in [-0.39, 0.29) is 5.69 Å². The number of aromatic nitrogens is 3. The van der Waals surface area contributed by atoms with Gasteiger partial charge in [0.15, 0.2) is 11.3 Å². The van der Waals surface area contributed by atoms with Crippen molar-refractivity contribution in [2.75, 3.05) is 31.2 Å². The fourth-order valence-electron chi connectivity index (χ4n) is 4.10. The Morgan fingerprint density at radius 3 is 2.47 bits per heavy atom. The standard InChI is InChI=1S/C24H21ClN4O3/c1-15-22-19(18-8-7-17(13-20(18)25)28-9-11-32-12-10-28)14-21(24(30)31)26-23(22)29(27-15)16-5-3-2-4-6-16/h2-8,13-14H,9-12H2,1H3,(H,30,31). The fraction of sp³-hybridized carbons (Fsp3) is 0.208. The lowest BCUT2D eigenvalue weighted by Crippen LogP contribution is -2.36. The number of aromatic carboxylic acids is 1. The summed E-state index contributed by atoms with van der Waals surface area (Å²) in [6, 6.07) is 17.0. The average Bonchev–Trinajstić information content (AvgIpc) is 3.16. The number of carboxylic acids is 1. The number of carbonyl (C=O) groups is 1. The number of anilines is 1. The molecule has 1 aliphatic rings. The first-order valence-corrected chi connectivity index (χ1v) is 10.7. The molecule has 0 amide bonds. The Hall–Kier alpha value is -3.42. The number of rotatable bonds is 4. The second kappa shape index (κ2) is 8.26. The highest BCUT2D eigenvalue weighted by molar-refractivity contribution is 6.34. The van der Waals surface area contributed by atoms with Crippen molar-refractivity contribution in [2.24, 2.45) is 0 Å². The van der Waals surface area contributed by atoms with Crippen LogP contribution in [0.3, 0.4) is 0 Å². The molecule has 1 saturated heterocycles. The first-order chi connectivity index (χ1) is 15.5. The molecule has 0 saturated carbocycles. The van der Waals surface area contributed by atoms with Gasteiger partial charge in [-0.15, -0.1) is 0 Å². The Kier molecular flexibility index (Phi) is 5.28. The number of para-hydroxylation sites is 1. The first-order valence-electron chi connectivity index (χ1n) is 10.3. The molecule has 0 unspecified atom stereocenters. The maximum absolute atomic E-state index is 11.9. The Balaban J connectivity index is 1.70. The molecule has 1 N–H and O–H groups in total. The van der Waals surface area contributed by atoms with Gasteiger partial charge in [-0.2, -0.15) is 5.10 Å². The van der Waals surface area contributed by atoms with Crippen molar-refractivity contribution < 1.29 is 14.6 Å². The van der Waals surface area contributed by atoms with Crippen LogP contribution in [0.15, 0.2) is 54.6 Å². The van der Waals surface area contributed by atoms with Crippen LogP contribution >= 0.6 is 11.6 Å². The molecule has 1 aliphatic heterocycles. The minimum atomic E-state index is -1.10. The summed E-state index contributed by atoms with van der Waals surface area (Å²) in [6.07, 6.45) is 0. The van der Waals surface area contributed by atoms with E-state index in [0.717, 1.165) is 41.1 Å². The number of carboxylic acid groups (broad SMARTS) is 1. The lowest BCUT2D eigenvalue weighted by Gasteiger charge is -2.29. The molecular weight excluding hydrogens is 428 g/mol. The third-order valence-corrected chi connectivity index (χ3v) is 5.96.